The number of Topliss-reactive ketones (excluding diaryl/α,β-unsaturated/α-hetero) is 1. The zero-order valence-corrected chi connectivity index (χ0v) is 7.29. The summed E-state index contributed by atoms with van der Waals surface area (Å²) >= 11 is 0. The summed E-state index contributed by atoms with van der Waals surface area (Å²) in [7, 11) is 0. The van der Waals surface area contributed by atoms with Gasteiger partial charge in [-0.3, -0.25) is 4.79 Å². The van der Waals surface area contributed by atoms with Gasteiger partial charge in [0.2, 0.25) is 0 Å². The highest BCUT2D eigenvalue weighted by Gasteiger charge is 1.90. The van der Waals surface area contributed by atoms with Crippen LogP contribution in [0.4, 0.5) is 0 Å². The lowest BCUT2D eigenvalue weighted by atomic mass is 10.2. The summed E-state index contributed by atoms with van der Waals surface area (Å²) in [6.07, 6.45) is 9.42. The third-order valence-electron chi connectivity index (χ3n) is 1.32. The van der Waals surface area contributed by atoms with Crippen molar-refractivity contribution in [1.82, 2.24) is 0 Å². The van der Waals surface area contributed by atoms with E-state index in [4.69, 9.17) is 0 Å². The maximum absolute atomic E-state index is 10.7. The molecule has 0 fully saturated rings. The van der Waals surface area contributed by atoms with E-state index in [1.807, 2.05) is 44.2 Å². The van der Waals surface area contributed by atoms with Crippen molar-refractivity contribution in [2.75, 3.05) is 0 Å². The third kappa shape index (κ3) is 5.34. The SMILES string of the molecule is C/C=C/C=C/C=C(\C)C(C)=O. The molecule has 0 aliphatic rings. The summed E-state index contributed by atoms with van der Waals surface area (Å²) < 4.78 is 0. The molecule has 0 aromatic heterocycles. The molecule has 0 aliphatic carbocycles. The van der Waals surface area contributed by atoms with Gasteiger partial charge in [-0.2, -0.15) is 0 Å². The smallest absolute Gasteiger partial charge is 0.155 e. The van der Waals surface area contributed by atoms with Gasteiger partial charge in [-0.15, -0.1) is 0 Å². The van der Waals surface area contributed by atoms with Gasteiger partial charge >= 0.3 is 0 Å². The van der Waals surface area contributed by atoms with Crippen LogP contribution in [0, 0.1) is 0 Å². The molecule has 1 heteroatoms. The highest BCUT2D eigenvalue weighted by Crippen LogP contribution is 1.93. The van der Waals surface area contributed by atoms with E-state index in [1.54, 1.807) is 6.92 Å². The molecular weight excluding hydrogens is 136 g/mol. The second kappa shape index (κ2) is 5.66. The highest BCUT2D eigenvalue weighted by atomic mass is 16.1. The van der Waals surface area contributed by atoms with E-state index in [-0.39, 0.29) is 5.78 Å². The molecule has 0 saturated heterocycles. The topological polar surface area (TPSA) is 17.1 Å². The van der Waals surface area contributed by atoms with E-state index in [0.717, 1.165) is 5.57 Å². The van der Waals surface area contributed by atoms with Gasteiger partial charge in [-0.05, 0) is 26.3 Å². The van der Waals surface area contributed by atoms with E-state index >= 15 is 0 Å². The molecule has 0 saturated carbocycles. The summed E-state index contributed by atoms with van der Waals surface area (Å²) in [5, 5.41) is 0. The molecule has 0 aliphatic heterocycles. The van der Waals surface area contributed by atoms with Crippen LogP contribution < -0.4 is 0 Å². The van der Waals surface area contributed by atoms with Crippen LogP contribution in [0.25, 0.3) is 0 Å². The van der Waals surface area contributed by atoms with E-state index in [2.05, 4.69) is 0 Å². The minimum Gasteiger partial charge on any atom is -0.295 e. The lowest BCUT2D eigenvalue weighted by molar-refractivity contribution is -0.113. The largest absolute Gasteiger partial charge is 0.295 e. The molecule has 0 N–H and O–H groups in total. The number of ketones is 1. The molecule has 0 spiro atoms. The first-order valence-corrected chi connectivity index (χ1v) is 3.65. The predicted molar refractivity (Wildman–Crippen MR) is 48.4 cm³/mol. The Kier molecular flexibility index (Phi) is 5.09. The number of hydrogen-bond acceptors (Lipinski definition) is 1. The van der Waals surface area contributed by atoms with Crippen LogP contribution in [0.3, 0.4) is 0 Å². The number of carbonyl (C=O) groups is 1. The number of allylic oxidation sites excluding steroid dienone is 6. The van der Waals surface area contributed by atoms with Gasteiger partial charge in [0, 0.05) is 0 Å². The number of hydrogen-bond donors (Lipinski definition) is 0. The summed E-state index contributed by atoms with van der Waals surface area (Å²) in [4.78, 5) is 10.7. The Labute approximate surface area is 68.1 Å². The molecule has 0 rings (SSSR count). The Morgan fingerprint density at radius 1 is 1.09 bits per heavy atom. The Hall–Kier alpha value is -1.11. The summed E-state index contributed by atoms with van der Waals surface area (Å²) in [5.74, 6) is 0.120. The molecule has 0 aromatic carbocycles. The maximum atomic E-state index is 10.7. The van der Waals surface area contributed by atoms with Crippen LogP contribution in [0.1, 0.15) is 20.8 Å². The van der Waals surface area contributed by atoms with Crippen LogP contribution in [-0.2, 0) is 4.79 Å². The van der Waals surface area contributed by atoms with E-state index in [0.29, 0.717) is 0 Å². The quantitative estimate of drug-likeness (QED) is 0.446. The fourth-order valence-corrected chi connectivity index (χ4v) is 0.493. The molecule has 0 unspecified atom stereocenters. The summed E-state index contributed by atoms with van der Waals surface area (Å²) in [6, 6.07) is 0. The fraction of sp³-hybridized carbons (Fsp3) is 0.300. The second-order valence-corrected chi connectivity index (χ2v) is 2.32. The molecule has 0 heterocycles. The van der Waals surface area contributed by atoms with Crippen molar-refractivity contribution >= 4 is 5.78 Å². The molecule has 0 radical (unpaired) electrons. The molecule has 60 valence electrons. The summed E-state index contributed by atoms with van der Waals surface area (Å²) in [6.45, 7) is 5.32. The fourth-order valence-electron chi connectivity index (χ4n) is 0.493. The van der Waals surface area contributed by atoms with Crippen LogP contribution in [0.15, 0.2) is 36.0 Å². The standard InChI is InChI=1S/C10H14O/c1-4-5-6-7-8-9(2)10(3)11/h4-8H,1-3H3/b5-4+,7-6+,9-8+. The lowest BCUT2D eigenvalue weighted by Gasteiger charge is -1.87. The molecule has 1 nitrogen and oxygen atoms in total. The highest BCUT2D eigenvalue weighted by molar-refractivity contribution is 5.92. The zero-order valence-electron chi connectivity index (χ0n) is 7.29. The first-order chi connectivity index (χ1) is 5.18. The Balaban J connectivity index is 4.01. The Morgan fingerprint density at radius 3 is 2.18 bits per heavy atom. The van der Waals surface area contributed by atoms with Crippen LogP contribution >= 0.6 is 0 Å². The molecule has 0 bridgehead atoms. The third-order valence-corrected chi connectivity index (χ3v) is 1.32. The monoisotopic (exact) mass is 150 g/mol. The maximum Gasteiger partial charge on any atom is 0.155 e. The van der Waals surface area contributed by atoms with Gasteiger partial charge in [0.15, 0.2) is 5.78 Å². The van der Waals surface area contributed by atoms with E-state index in [9.17, 15) is 4.79 Å². The van der Waals surface area contributed by atoms with Crippen molar-refractivity contribution < 1.29 is 4.79 Å². The van der Waals surface area contributed by atoms with Crippen LogP contribution in [0.2, 0.25) is 0 Å². The second-order valence-electron chi connectivity index (χ2n) is 2.32. The predicted octanol–water partition coefficient (Wildman–Crippen LogP) is 2.65. The average molecular weight is 150 g/mol. The summed E-state index contributed by atoms with van der Waals surface area (Å²) in [5.41, 5.74) is 0.783. The van der Waals surface area contributed by atoms with Gasteiger partial charge < -0.3 is 0 Å². The minimum absolute atomic E-state index is 0.120. The number of carbonyl (C=O) groups excluding carboxylic acids is 1. The number of rotatable bonds is 3. The zero-order chi connectivity index (χ0) is 8.69. The Morgan fingerprint density at radius 2 is 1.73 bits per heavy atom. The van der Waals surface area contributed by atoms with Crippen molar-refractivity contribution in [2.45, 2.75) is 20.8 Å². The average Bonchev–Trinajstić information content (AvgIpc) is 1.97. The molecular formula is C10H14O. The first kappa shape index (κ1) is 9.89. The molecule has 0 aromatic rings. The van der Waals surface area contributed by atoms with Gasteiger partial charge in [0.05, 0.1) is 0 Å². The minimum atomic E-state index is 0.120. The Bertz CT molecular complexity index is 207. The van der Waals surface area contributed by atoms with E-state index < -0.39 is 0 Å². The lowest BCUT2D eigenvalue weighted by Crippen LogP contribution is -1.89. The normalized spacial score (nSPS) is 13.2. The first-order valence-electron chi connectivity index (χ1n) is 3.65. The van der Waals surface area contributed by atoms with Gasteiger partial charge in [0.25, 0.3) is 0 Å². The van der Waals surface area contributed by atoms with Crippen molar-refractivity contribution in [3.05, 3.63) is 36.0 Å². The van der Waals surface area contributed by atoms with Gasteiger partial charge in [-0.25, -0.2) is 0 Å². The van der Waals surface area contributed by atoms with Crippen molar-refractivity contribution in [3.63, 3.8) is 0 Å². The van der Waals surface area contributed by atoms with Crippen LogP contribution in [-0.4, -0.2) is 5.78 Å². The molecule has 11 heavy (non-hydrogen) atoms. The van der Waals surface area contributed by atoms with Crippen LogP contribution in [0.5, 0.6) is 0 Å². The van der Waals surface area contributed by atoms with Gasteiger partial charge in [-0.1, -0.05) is 30.4 Å². The van der Waals surface area contributed by atoms with Crippen molar-refractivity contribution in [3.8, 4) is 0 Å². The van der Waals surface area contributed by atoms with Gasteiger partial charge in [0.1, 0.15) is 0 Å². The van der Waals surface area contributed by atoms with Crippen molar-refractivity contribution in [2.24, 2.45) is 0 Å². The molecule has 0 amide bonds. The molecule has 0 atom stereocenters. The van der Waals surface area contributed by atoms with E-state index in [1.165, 1.54) is 0 Å². The van der Waals surface area contributed by atoms with Crippen molar-refractivity contribution in [1.29, 1.82) is 0 Å².